The van der Waals surface area contributed by atoms with Gasteiger partial charge in [-0.1, -0.05) is 5.16 Å². The van der Waals surface area contributed by atoms with E-state index in [0.717, 1.165) is 18.7 Å². The molecule has 2 fully saturated rings. The van der Waals surface area contributed by atoms with Crippen molar-refractivity contribution in [1.29, 1.82) is 0 Å². The molecule has 1 aromatic heterocycles. The molecule has 3 rings (SSSR count). The van der Waals surface area contributed by atoms with Gasteiger partial charge >= 0.3 is 5.97 Å². The van der Waals surface area contributed by atoms with Gasteiger partial charge in [-0.2, -0.15) is 4.98 Å². The van der Waals surface area contributed by atoms with E-state index >= 15 is 0 Å². The van der Waals surface area contributed by atoms with Crippen molar-refractivity contribution in [3.63, 3.8) is 0 Å². The summed E-state index contributed by atoms with van der Waals surface area (Å²) < 4.78 is 10.4. The number of aromatic nitrogens is 2. The molecule has 0 aromatic carbocycles. The lowest BCUT2D eigenvalue weighted by Gasteiger charge is -2.05. The van der Waals surface area contributed by atoms with E-state index in [1.54, 1.807) is 0 Å². The Balaban J connectivity index is 1.70. The quantitative estimate of drug-likeness (QED) is 0.831. The Morgan fingerprint density at radius 1 is 1.31 bits per heavy atom. The lowest BCUT2D eigenvalue weighted by molar-refractivity contribution is -0.150. The first-order valence-electron chi connectivity index (χ1n) is 5.46. The van der Waals surface area contributed by atoms with Crippen LogP contribution in [0.2, 0.25) is 0 Å². The number of aliphatic carboxylic acids is 1. The summed E-state index contributed by atoms with van der Waals surface area (Å²) in [7, 11) is 0. The smallest absolute Gasteiger partial charge is 0.332 e. The zero-order valence-electron chi connectivity index (χ0n) is 8.63. The van der Waals surface area contributed by atoms with Gasteiger partial charge in [0, 0.05) is 5.92 Å². The fraction of sp³-hybridized carbons (Fsp3) is 0.700. The first-order valence-corrected chi connectivity index (χ1v) is 5.46. The van der Waals surface area contributed by atoms with Gasteiger partial charge in [-0.3, -0.25) is 0 Å². The largest absolute Gasteiger partial charge is 0.479 e. The molecule has 1 aliphatic heterocycles. The van der Waals surface area contributed by atoms with E-state index in [0.29, 0.717) is 24.7 Å². The highest BCUT2D eigenvalue weighted by molar-refractivity contribution is 5.72. The van der Waals surface area contributed by atoms with E-state index in [2.05, 4.69) is 10.1 Å². The van der Waals surface area contributed by atoms with Crippen LogP contribution in [0.25, 0.3) is 0 Å². The molecule has 0 bridgehead atoms. The number of hydrogen-bond donors (Lipinski definition) is 1. The summed E-state index contributed by atoms with van der Waals surface area (Å²) in [5, 5.41) is 12.7. The van der Waals surface area contributed by atoms with E-state index in [4.69, 9.17) is 14.4 Å². The normalized spacial score (nSPS) is 29.5. The van der Waals surface area contributed by atoms with Crippen LogP contribution in [-0.2, 0) is 9.53 Å². The highest BCUT2D eigenvalue weighted by Gasteiger charge is 2.36. The molecule has 1 N–H and O–H groups in total. The Morgan fingerprint density at radius 2 is 2.12 bits per heavy atom. The molecule has 6 nitrogen and oxygen atoms in total. The minimum Gasteiger partial charge on any atom is -0.479 e. The molecule has 1 aliphatic carbocycles. The molecule has 86 valence electrons. The predicted octanol–water partition coefficient (Wildman–Crippen LogP) is 1.25. The van der Waals surface area contributed by atoms with Gasteiger partial charge < -0.3 is 14.4 Å². The minimum atomic E-state index is -0.926. The van der Waals surface area contributed by atoms with E-state index in [1.165, 1.54) is 0 Å². The Labute approximate surface area is 91.6 Å². The summed E-state index contributed by atoms with van der Waals surface area (Å²) >= 11 is 0. The number of carbonyl (C=O) groups is 1. The SMILES string of the molecule is O=C(O)C1CCC(c2nc(C3CC3)no2)O1. The van der Waals surface area contributed by atoms with Crippen LogP contribution in [0.15, 0.2) is 4.52 Å². The summed E-state index contributed by atoms with van der Waals surface area (Å²) in [5.41, 5.74) is 0. The van der Waals surface area contributed by atoms with Crippen LogP contribution in [0, 0.1) is 0 Å². The number of nitrogens with zero attached hydrogens (tertiary/aromatic N) is 2. The molecule has 1 aromatic rings. The zero-order valence-corrected chi connectivity index (χ0v) is 8.63. The van der Waals surface area contributed by atoms with Gasteiger partial charge in [0.2, 0.25) is 0 Å². The van der Waals surface area contributed by atoms with Crippen LogP contribution >= 0.6 is 0 Å². The summed E-state index contributed by atoms with van der Waals surface area (Å²) in [6, 6.07) is 0. The number of ether oxygens (including phenoxy) is 1. The minimum absolute atomic E-state index is 0.346. The molecule has 0 radical (unpaired) electrons. The molecule has 16 heavy (non-hydrogen) atoms. The van der Waals surface area contributed by atoms with Crippen molar-refractivity contribution in [2.75, 3.05) is 0 Å². The van der Waals surface area contributed by atoms with E-state index in [9.17, 15) is 4.79 Å². The van der Waals surface area contributed by atoms with Crippen molar-refractivity contribution in [3.8, 4) is 0 Å². The second-order valence-corrected chi connectivity index (χ2v) is 4.29. The fourth-order valence-corrected chi connectivity index (χ4v) is 1.89. The van der Waals surface area contributed by atoms with Crippen LogP contribution in [-0.4, -0.2) is 27.3 Å². The molecule has 2 heterocycles. The van der Waals surface area contributed by atoms with Crippen molar-refractivity contribution < 1.29 is 19.2 Å². The maximum Gasteiger partial charge on any atom is 0.332 e. The van der Waals surface area contributed by atoms with Gasteiger partial charge in [-0.15, -0.1) is 0 Å². The van der Waals surface area contributed by atoms with Gasteiger partial charge in [-0.25, -0.2) is 4.79 Å². The number of hydrogen-bond acceptors (Lipinski definition) is 5. The zero-order chi connectivity index (χ0) is 11.1. The van der Waals surface area contributed by atoms with Gasteiger partial charge in [0.05, 0.1) is 0 Å². The monoisotopic (exact) mass is 224 g/mol. The fourth-order valence-electron chi connectivity index (χ4n) is 1.89. The number of rotatable bonds is 3. The molecule has 6 heteroatoms. The van der Waals surface area contributed by atoms with Gasteiger partial charge in [-0.05, 0) is 25.7 Å². The summed E-state index contributed by atoms with van der Waals surface area (Å²) in [5.74, 6) is 0.668. The third-order valence-corrected chi connectivity index (χ3v) is 2.97. The second-order valence-electron chi connectivity index (χ2n) is 4.29. The molecule has 2 unspecified atom stereocenters. The molecular weight excluding hydrogens is 212 g/mol. The third-order valence-electron chi connectivity index (χ3n) is 2.97. The Hall–Kier alpha value is -1.43. The highest BCUT2D eigenvalue weighted by atomic mass is 16.5. The van der Waals surface area contributed by atoms with Crippen LogP contribution in [0.4, 0.5) is 0 Å². The maximum absolute atomic E-state index is 10.7. The molecule has 2 atom stereocenters. The van der Waals surface area contributed by atoms with Crippen LogP contribution in [0.3, 0.4) is 0 Å². The maximum atomic E-state index is 10.7. The number of carboxylic acid groups (broad SMARTS) is 1. The average molecular weight is 224 g/mol. The Kier molecular flexibility index (Phi) is 2.17. The second kappa shape index (κ2) is 3.55. The first-order chi connectivity index (χ1) is 7.74. The van der Waals surface area contributed by atoms with Crippen molar-refractivity contribution in [3.05, 3.63) is 11.7 Å². The van der Waals surface area contributed by atoms with Gasteiger partial charge in [0.1, 0.15) is 6.10 Å². The first kappa shape index (κ1) is 9.77. The van der Waals surface area contributed by atoms with E-state index in [1.807, 2.05) is 0 Å². The summed E-state index contributed by atoms with van der Waals surface area (Å²) in [4.78, 5) is 15.0. The van der Waals surface area contributed by atoms with Crippen molar-refractivity contribution in [1.82, 2.24) is 10.1 Å². The molecule has 0 spiro atoms. The Morgan fingerprint density at radius 3 is 2.75 bits per heavy atom. The van der Waals surface area contributed by atoms with Gasteiger partial charge in [0.15, 0.2) is 11.9 Å². The lowest BCUT2D eigenvalue weighted by atomic mass is 10.2. The standard InChI is InChI=1S/C10H12N2O4/c13-10(14)7-4-3-6(15-7)9-11-8(12-16-9)5-1-2-5/h5-7H,1-4H2,(H,13,14). The topological polar surface area (TPSA) is 85.5 Å². The number of carboxylic acids is 1. The van der Waals surface area contributed by atoms with Crippen molar-refractivity contribution in [2.45, 2.75) is 43.8 Å². The average Bonchev–Trinajstić information content (AvgIpc) is 2.83. The molecule has 2 aliphatic rings. The third kappa shape index (κ3) is 1.69. The van der Waals surface area contributed by atoms with Crippen LogP contribution in [0.5, 0.6) is 0 Å². The van der Waals surface area contributed by atoms with E-state index < -0.39 is 12.1 Å². The highest BCUT2D eigenvalue weighted by Crippen LogP contribution is 2.39. The summed E-state index contributed by atoms with van der Waals surface area (Å²) in [6.45, 7) is 0. The lowest BCUT2D eigenvalue weighted by Crippen LogP contribution is -2.18. The Bertz CT molecular complexity index is 413. The predicted molar refractivity (Wildman–Crippen MR) is 50.8 cm³/mol. The van der Waals surface area contributed by atoms with Crippen molar-refractivity contribution >= 4 is 5.97 Å². The van der Waals surface area contributed by atoms with Crippen molar-refractivity contribution in [2.24, 2.45) is 0 Å². The molecule has 0 amide bonds. The summed E-state index contributed by atoms with van der Waals surface area (Å²) in [6.07, 6.45) is 2.27. The van der Waals surface area contributed by atoms with Gasteiger partial charge in [0.25, 0.3) is 5.89 Å². The van der Waals surface area contributed by atoms with Crippen LogP contribution in [0.1, 0.15) is 49.4 Å². The van der Waals surface area contributed by atoms with E-state index in [-0.39, 0.29) is 6.10 Å². The molecular formula is C10H12N2O4. The molecule has 1 saturated carbocycles. The van der Waals surface area contributed by atoms with Crippen LogP contribution < -0.4 is 0 Å². The molecule has 1 saturated heterocycles.